The fraction of sp³-hybridized carbons (Fsp3) is 0.571. The van der Waals surface area contributed by atoms with Crippen molar-refractivity contribution in [3.63, 3.8) is 0 Å². The van der Waals surface area contributed by atoms with Crippen molar-refractivity contribution in [2.24, 2.45) is 11.8 Å². The SMILES string of the molecule is O=C(NCCc1cscn1)[C@H]1[C@@H]2C[C@@H](CN(c3ncccn3)C2)[C@@H]2CCCC(=O)N21. The van der Waals surface area contributed by atoms with Crippen molar-refractivity contribution in [1.29, 1.82) is 0 Å². The molecule has 2 aromatic rings. The summed E-state index contributed by atoms with van der Waals surface area (Å²) in [6.45, 7) is 2.07. The minimum Gasteiger partial charge on any atom is -0.354 e. The average Bonchev–Trinajstić information content (AvgIpc) is 3.28. The van der Waals surface area contributed by atoms with E-state index in [-0.39, 0.29) is 23.8 Å². The summed E-state index contributed by atoms with van der Waals surface area (Å²) in [5.41, 5.74) is 2.79. The smallest absolute Gasteiger partial charge is 0.243 e. The lowest BCUT2D eigenvalue weighted by Crippen LogP contribution is -2.68. The van der Waals surface area contributed by atoms with Gasteiger partial charge in [-0.2, -0.15) is 0 Å². The molecule has 3 fully saturated rings. The van der Waals surface area contributed by atoms with Crippen LogP contribution in [0.4, 0.5) is 5.95 Å². The molecule has 0 aromatic carbocycles. The maximum absolute atomic E-state index is 13.3. The number of piperidine rings is 3. The molecular weight excluding hydrogens is 400 g/mol. The number of carbonyl (C=O) groups is 2. The molecule has 0 unspecified atom stereocenters. The number of carbonyl (C=O) groups excluding carboxylic acids is 2. The average molecular weight is 427 g/mol. The van der Waals surface area contributed by atoms with E-state index in [1.807, 2.05) is 16.3 Å². The number of hydrogen-bond acceptors (Lipinski definition) is 7. The normalized spacial score (nSPS) is 28.2. The first kappa shape index (κ1) is 19.4. The van der Waals surface area contributed by atoms with Crippen molar-refractivity contribution in [1.82, 2.24) is 25.2 Å². The largest absolute Gasteiger partial charge is 0.354 e. The van der Waals surface area contributed by atoms with Crippen LogP contribution < -0.4 is 10.2 Å². The Balaban J connectivity index is 1.36. The summed E-state index contributed by atoms with van der Waals surface area (Å²) >= 11 is 1.56. The summed E-state index contributed by atoms with van der Waals surface area (Å²) in [5.74, 6) is 1.25. The highest BCUT2D eigenvalue weighted by Gasteiger charge is 2.52. The molecule has 5 rings (SSSR count). The monoisotopic (exact) mass is 426 g/mol. The minimum absolute atomic E-state index is 0.0373. The van der Waals surface area contributed by atoms with Gasteiger partial charge in [-0.3, -0.25) is 9.59 Å². The third-order valence-electron chi connectivity index (χ3n) is 6.61. The van der Waals surface area contributed by atoms with Crippen LogP contribution in [0.2, 0.25) is 0 Å². The van der Waals surface area contributed by atoms with Crippen molar-refractivity contribution in [2.45, 2.75) is 44.2 Å². The van der Waals surface area contributed by atoms with Crippen LogP contribution in [0.3, 0.4) is 0 Å². The van der Waals surface area contributed by atoms with Crippen LogP contribution in [0.1, 0.15) is 31.4 Å². The highest BCUT2D eigenvalue weighted by atomic mass is 32.1. The van der Waals surface area contributed by atoms with Gasteiger partial charge in [-0.1, -0.05) is 0 Å². The van der Waals surface area contributed by atoms with Crippen molar-refractivity contribution < 1.29 is 9.59 Å². The van der Waals surface area contributed by atoms with E-state index in [9.17, 15) is 9.59 Å². The standard InChI is InChI=1S/C21H26N6O2S/c28-18-4-1-3-17-14-9-15(11-26(10-14)21-23-6-2-7-24-21)19(27(17)18)20(29)22-8-5-16-12-30-13-25-16/h2,6-7,12-15,17,19H,1,3-5,8-11H2,(H,22,29)/t14-,15+,17-,19+/m0/s1. The molecular formula is C21H26N6O2S. The molecule has 5 heterocycles. The summed E-state index contributed by atoms with van der Waals surface area (Å²) in [6, 6.07) is 1.53. The predicted molar refractivity (Wildman–Crippen MR) is 113 cm³/mol. The Bertz CT molecular complexity index is 892. The van der Waals surface area contributed by atoms with Crippen LogP contribution in [0.25, 0.3) is 0 Å². The number of hydrogen-bond donors (Lipinski definition) is 1. The van der Waals surface area contributed by atoms with Crippen LogP contribution in [0.5, 0.6) is 0 Å². The molecule has 3 aliphatic rings. The molecule has 3 saturated heterocycles. The number of aromatic nitrogens is 3. The van der Waals surface area contributed by atoms with E-state index >= 15 is 0 Å². The van der Waals surface area contributed by atoms with Gasteiger partial charge < -0.3 is 15.1 Å². The first-order chi connectivity index (χ1) is 14.7. The van der Waals surface area contributed by atoms with Crippen LogP contribution in [-0.4, -0.2) is 63.4 Å². The quantitative estimate of drug-likeness (QED) is 0.779. The van der Waals surface area contributed by atoms with E-state index in [1.54, 1.807) is 29.2 Å². The molecule has 2 aromatic heterocycles. The van der Waals surface area contributed by atoms with E-state index < -0.39 is 6.04 Å². The van der Waals surface area contributed by atoms with Gasteiger partial charge in [0, 0.05) is 62.2 Å². The second-order valence-electron chi connectivity index (χ2n) is 8.44. The molecule has 158 valence electrons. The lowest BCUT2D eigenvalue weighted by atomic mass is 9.72. The Labute approximate surface area is 179 Å². The molecule has 30 heavy (non-hydrogen) atoms. The topological polar surface area (TPSA) is 91.3 Å². The third-order valence-corrected chi connectivity index (χ3v) is 7.24. The predicted octanol–water partition coefficient (Wildman–Crippen LogP) is 1.50. The van der Waals surface area contributed by atoms with E-state index in [0.717, 1.165) is 31.5 Å². The van der Waals surface area contributed by atoms with Crippen LogP contribution in [0, 0.1) is 11.8 Å². The molecule has 2 bridgehead atoms. The van der Waals surface area contributed by atoms with Gasteiger partial charge in [0.15, 0.2) is 0 Å². The van der Waals surface area contributed by atoms with Gasteiger partial charge in [0.05, 0.1) is 11.2 Å². The van der Waals surface area contributed by atoms with Gasteiger partial charge in [-0.05, 0) is 31.2 Å². The Kier molecular flexibility index (Phi) is 5.37. The first-order valence-electron chi connectivity index (χ1n) is 10.7. The van der Waals surface area contributed by atoms with E-state index in [0.29, 0.717) is 37.8 Å². The molecule has 3 aliphatic heterocycles. The van der Waals surface area contributed by atoms with E-state index in [2.05, 4.69) is 25.2 Å². The van der Waals surface area contributed by atoms with Gasteiger partial charge in [0.2, 0.25) is 17.8 Å². The number of amides is 2. The third kappa shape index (κ3) is 3.66. The van der Waals surface area contributed by atoms with Crippen molar-refractivity contribution in [3.8, 4) is 0 Å². The van der Waals surface area contributed by atoms with Crippen molar-refractivity contribution in [2.75, 3.05) is 24.5 Å². The second kappa shape index (κ2) is 8.29. The molecule has 0 aliphatic carbocycles. The Hall–Kier alpha value is -2.55. The number of nitrogens with zero attached hydrogens (tertiary/aromatic N) is 5. The summed E-state index contributed by atoms with van der Waals surface area (Å²) in [7, 11) is 0. The molecule has 8 nitrogen and oxygen atoms in total. The Morgan fingerprint density at radius 3 is 2.83 bits per heavy atom. The number of anilines is 1. The number of thiazole rings is 1. The minimum atomic E-state index is -0.416. The van der Waals surface area contributed by atoms with Gasteiger partial charge in [0.1, 0.15) is 6.04 Å². The molecule has 0 radical (unpaired) electrons. The van der Waals surface area contributed by atoms with Gasteiger partial charge in [-0.25, -0.2) is 15.0 Å². The summed E-state index contributed by atoms with van der Waals surface area (Å²) in [6.07, 6.45) is 7.61. The molecule has 0 saturated carbocycles. The van der Waals surface area contributed by atoms with Crippen LogP contribution in [-0.2, 0) is 16.0 Å². The molecule has 1 N–H and O–H groups in total. The maximum Gasteiger partial charge on any atom is 0.243 e. The molecule has 4 atom stereocenters. The van der Waals surface area contributed by atoms with Crippen LogP contribution >= 0.6 is 11.3 Å². The van der Waals surface area contributed by atoms with E-state index in [4.69, 9.17) is 0 Å². The molecule has 0 spiro atoms. The number of rotatable bonds is 5. The highest BCUT2D eigenvalue weighted by Crippen LogP contribution is 2.42. The first-order valence-corrected chi connectivity index (χ1v) is 11.6. The van der Waals surface area contributed by atoms with Gasteiger partial charge >= 0.3 is 0 Å². The zero-order chi connectivity index (χ0) is 20.5. The fourth-order valence-electron chi connectivity index (χ4n) is 5.39. The number of fused-ring (bicyclic) bond motifs is 4. The van der Waals surface area contributed by atoms with Gasteiger partial charge in [-0.15, -0.1) is 11.3 Å². The Morgan fingerprint density at radius 1 is 1.20 bits per heavy atom. The summed E-state index contributed by atoms with van der Waals surface area (Å²) < 4.78 is 0. The highest BCUT2D eigenvalue weighted by molar-refractivity contribution is 7.07. The lowest BCUT2D eigenvalue weighted by Gasteiger charge is -2.55. The molecule has 9 heteroatoms. The van der Waals surface area contributed by atoms with Crippen molar-refractivity contribution >= 4 is 29.1 Å². The summed E-state index contributed by atoms with van der Waals surface area (Å²) in [4.78, 5) is 43.4. The van der Waals surface area contributed by atoms with E-state index in [1.165, 1.54) is 0 Å². The lowest BCUT2D eigenvalue weighted by molar-refractivity contribution is -0.156. The van der Waals surface area contributed by atoms with Crippen molar-refractivity contribution in [3.05, 3.63) is 35.0 Å². The fourth-order valence-corrected chi connectivity index (χ4v) is 5.98. The van der Waals surface area contributed by atoms with Crippen LogP contribution in [0.15, 0.2) is 29.4 Å². The number of nitrogens with one attached hydrogen (secondary N) is 1. The Morgan fingerprint density at radius 2 is 2.03 bits per heavy atom. The second-order valence-corrected chi connectivity index (χ2v) is 9.15. The zero-order valence-electron chi connectivity index (χ0n) is 16.8. The molecule has 2 amide bonds. The van der Waals surface area contributed by atoms with Gasteiger partial charge in [0.25, 0.3) is 0 Å². The maximum atomic E-state index is 13.3. The summed E-state index contributed by atoms with van der Waals surface area (Å²) in [5, 5.41) is 5.08. The zero-order valence-corrected chi connectivity index (χ0v) is 17.6.